The first-order chi connectivity index (χ1) is 7.48. The molecule has 0 amide bonds. The fraction of sp³-hybridized carbons (Fsp3) is 0.0909. The lowest BCUT2D eigenvalue weighted by atomic mass is 10.0. The SMILES string of the molecule is FC(F)(F)c1cn(Br)cc1-c1ccccc1. The van der Waals surface area contributed by atoms with E-state index in [0.29, 0.717) is 5.56 Å². The average molecular weight is 290 g/mol. The molecule has 0 bridgehead atoms. The van der Waals surface area contributed by atoms with Crippen molar-refractivity contribution in [3.8, 4) is 11.1 Å². The third-order valence-corrected chi connectivity index (χ3v) is 2.59. The molecule has 1 aromatic heterocycles. The second kappa shape index (κ2) is 3.97. The Kier molecular flexibility index (Phi) is 2.80. The molecule has 0 fully saturated rings. The Hall–Kier alpha value is -1.23. The van der Waals surface area contributed by atoms with Crippen molar-refractivity contribution in [1.82, 2.24) is 3.59 Å². The third-order valence-electron chi connectivity index (χ3n) is 2.19. The van der Waals surface area contributed by atoms with Crippen LogP contribution in [0.3, 0.4) is 0 Å². The minimum absolute atomic E-state index is 0.171. The average Bonchev–Trinajstić information content (AvgIpc) is 2.61. The highest BCUT2D eigenvalue weighted by Crippen LogP contribution is 2.38. The van der Waals surface area contributed by atoms with E-state index in [2.05, 4.69) is 16.1 Å². The van der Waals surface area contributed by atoms with Gasteiger partial charge in [0.05, 0.1) is 21.7 Å². The number of aromatic nitrogens is 1. The summed E-state index contributed by atoms with van der Waals surface area (Å²) in [5.74, 6) is 0. The highest BCUT2D eigenvalue weighted by molar-refractivity contribution is 9.08. The van der Waals surface area contributed by atoms with Gasteiger partial charge in [0.25, 0.3) is 0 Å². The van der Waals surface area contributed by atoms with Crippen LogP contribution >= 0.6 is 16.1 Å². The van der Waals surface area contributed by atoms with Gasteiger partial charge in [0.15, 0.2) is 0 Å². The van der Waals surface area contributed by atoms with Crippen LogP contribution < -0.4 is 0 Å². The van der Waals surface area contributed by atoms with Crippen molar-refractivity contribution in [2.24, 2.45) is 0 Å². The molecule has 0 aliphatic carbocycles. The van der Waals surface area contributed by atoms with Crippen molar-refractivity contribution in [3.63, 3.8) is 0 Å². The smallest absolute Gasteiger partial charge is 0.290 e. The molecule has 0 saturated carbocycles. The molecule has 0 N–H and O–H groups in total. The highest BCUT2D eigenvalue weighted by Gasteiger charge is 2.35. The maximum Gasteiger partial charge on any atom is 0.418 e. The van der Waals surface area contributed by atoms with Crippen molar-refractivity contribution >= 4 is 16.1 Å². The minimum Gasteiger partial charge on any atom is -0.290 e. The quantitative estimate of drug-likeness (QED) is 0.736. The van der Waals surface area contributed by atoms with E-state index in [0.717, 1.165) is 6.20 Å². The first-order valence-electron chi connectivity index (χ1n) is 4.49. The van der Waals surface area contributed by atoms with Crippen LogP contribution in [0.5, 0.6) is 0 Å². The van der Waals surface area contributed by atoms with Crippen LogP contribution in [0.15, 0.2) is 42.7 Å². The fourth-order valence-electron chi connectivity index (χ4n) is 1.50. The van der Waals surface area contributed by atoms with Gasteiger partial charge in [-0.05, 0) is 5.56 Å². The molecule has 0 saturated heterocycles. The standard InChI is InChI=1S/C11H7BrF3N/c12-16-6-9(8-4-2-1-3-5-8)10(7-16)11(13,14)15/h1-7H. The number of rotatable bonds is 1. The lowest BCUT2D eigenvalue weighted by molar-refractivity contribution is -0.137. The largest absolute Gasteiger partial charge is 0.418 e. The van der Waals surface area contributed by atoms with Crippen LogP contribution in [0.1, 0.15) is 5.56 Å². The molecule has 0 aliphatic heterocycles. The van der Waals surface area contributed by atoms with Gasteiger partial charge in [-0.1, -0.05) is 30.3 Å². The normalized spacial score (nSPS) is 11.8. The van der Waals surface area contributed by atoms with Gasteiger partial charge in [-0.3, -0.25) is 3.59 Å². The zero-order valence-electron chi connectivity index (χ0n) is 8.00. The molecule has 0 spiro atoms. The Morgan fingerprint density at radius 1 is 1.00 bits per heavy atom. The molecule has 0 atom stereocenters. The Balaban J connectivity index is 2.58. The molecule has 16 heavy (non-hydrogen) atoms. The van der Waals surface area contributed by atoms with E-state index >= 15 is 0 Å². The molecule has 1 aromatic carbocycles. The first-order valence-corrected chi connectivity index (χ1v) is 5.20. The summed E-state index contributed by atoms with van der Waals surface area (Å²) in [7, 11) is 0. The van der Waals surface area contributed by atoms with Gasteiger partial charge in [0, 0.05) is 18.0 Å². The molecule has 0 radical (unpaired) electrons. The molecule has 1 nitrogen and oxygen atoms in total. The third kappa shape index (κ3) is 2.14. The molecule has 2 rings (SSSR count). The van der Waals surface area contributed by atoms with Crippen LogP contribution in [0.2, 0.25) is 0 Å². The predicted molar refractivity (Wildman–Crippen MR) is 59.2 cm³/mol. The van der Waals surface area contributed by atoms with Crippen LogP contribution in [0, 0.1) is 0 Å². The van der Waals surface area contributed by atoms with Gasteiger partial charge in [-0.2, -0.15) is 13.2 Å². The van der Waals surface area contributed by atoms with Gasteiger partial charge in [-0.25, -0.2) is 0 Å². The number of halogens is 4. The molecular weight excluding hydrogens is 283 g/mol. The van der Waals surface area contributed by atoms with E-state index in [9.17, 15) is 13.2 Å². The van der Waals surface area contributed by atoms with E-state index in [1.165, 1.54) is 9.79 Å². The topological polar surface area (TPSA) is 4.93 Å². The lowest BCUT2D eigenvalue weighted by Gasteiger charge is -2.07. The molecule has 0 aliphatic rings. The summed E-state index contributed by atoms with van der Waals surface area (Å²) >= 11 is 2.99. The van der Waals surface area contributed by atoms with E-state index in [1.807, 2.05) is 0 Å². The van der Waals surface area contributed by atoms with Crippen LogP contribution in [-0.4, -0.2) is 3.59 Å². The summed E-state index contributed by atoms with van der Waals surface area (Å²) in [6.07, 6.45) is -1.93. The van der Waals surface area contributed by atoms with E-state index in [-0.39, 0.29) is 5.56 Å². The summed E-state index contributed by atoms with van der Waals surface area (Å²) in [6, 6.07) is 8.49. The maximum atomic E-state index is 12.7. The van der Waals surface area contributed by atoms with E-state index in [4.69, 9.17) is 0 Å². The van der Waals surface area contributed by atoms with Gasteiger partial charge in [-0.15, -0.1) is 0 Å². The highest BCUT2D eigenvalue weighted by atomic mass is 79.9. The van der Waals surface area contributed by atoms with Crippen molar-refractivity contribution in [2.75, 3.05) is 0 Å². The Morgan fingerprint density at radius 2 is 1.62 bits per heavy atom. The first kappa shape index (κ1) is 11.3. The second-order valence-electron chi connectivity index (χ2n) is 3.29. The van der Waals surface area contributed by atoms with Gasteiger partial charge >= 0.3 is 6.18 Å². The van der Waals surface area contributed by atoms with Crippen molar-refractivity contribution < 1.29 is 13.2 Å². The zero-order valence-corrected chi connectivity index (χ0v) is 9.59. The predicted octanol–water partition coefficient (Wildman–Crippen LogP) is 4.33. The molecular formula is C11H7BrF3N. The Labute approximate surface area is 98.8 Å². The second-order valence-corrected chi connectivity index (χ2v) is 4.11. The Bertz CT molecular complexity index is 488. The zero-order chi connectivity index (χ0) is 11.8. The van der Waals surface area contributed by atoms with Gasteiger partial charge in [0.2, 0.25) is 0 Å². The maximum absolute atomic E-state index is 12.7. The van der Waals surface area contributed by atoms with Crippen molar-refractivity contribution in [1.29, 1.82) is 0 Å². The molecule has 5 heteroatoms. The lowest BCUT2D eigenvalue weighted by Crippen LogP contribution is -2.04. The monoisotopic (exact) mass is 289 g/mol. The number of nitrogens with zero attached hydrogens (tertiary/aromatic N) is 1. The fourth-order valence-corrected chi connectivity index (χ4v) is 1.91. The number of hydrogen-bond donors (Lipinski definition) is 0. The van der Waals surface area contributed by atoms with Crippen LogP contribution in [0.4, 0.5) is 13.2 Å². The molecule has 84 valence electrons. The van der Waals surface area contributed by atoms with E-state index < -0.39 is 11.7 Å². The minimum atomic E-state index is -4.34. The summed E-state index contributed by atoms with van der Waals surface area (Å²) < 4.78 is 39.4. The van der Waals surface area contributed by atoms with E-state index in [1.54, 1.807) is 30.3 Å². The summed E-state index contributed by atoms with van der Waals surface area (Å²) in [6.45, 7) is 0. The van der Waals surface area contributed by atoms with Crippen LogP contribution in [-0.2, 0) is 6.18 Å². The Morgan fingerprint density at radius 3 is 2.19 bits per heavy atom. The van der Waals surface area contributed by atoms with Crippen molar-refractivity contribution in [2.45, 2.75) is 6.18 Å². The molecule has 2 aromatic rings. The van der Waals surface area contributed by atoms with Gasteiger partial charge in [0.1, 0.15) is 0 Å². The summed E-state index contributed by atoms with van der Waals surface area (Å²) in [5, 5.41) is 0. The number of hydrogen-bond acceptors (Lipinski definition) is 0. The summed E-state index contributed by atoms with van der Waals surface area (Å²) in [4.78, 5) is 0. The van der Waals surface area contributed by atoms with Crippen LogP contribution in [0.25, 0.3) is 11.1 Å². The molecule has 1 heterocycles. The van der Waals surface area contributed by atoms with Crippen molar-refractivity contribution in [3.05, 3.63) is 48.3 Å². The number of benzene rings is 1. The van der Waals surface area contributed by atoms with Gasteiger partial charge < -0.3 is 0 Å². The summed E-state index contributed by atoms with van der Waals surface area (Å²) in [5.41, 5.74) is 0.0774. The molecule has 0 unspecified atom stereocenters. The number of alkyl halides is 3.